The van der Waals surface area contributed by atoms with Crippen molar-refractivity contribution in [3.63, 3.8) is 0 Å². The molecule has 0 aromatic carbocycles. The van der Waals surface area contributed by atoms with E-state index in [9.17, 15) is 4.79 Å². The van der Waals surface area contributed by atoms with Gasteiger partial charge in [-0.3, -0.25) is 5.32 Å². The zero-order valence-corrected chi connectivity index (χ0v) is 16.2. The Balaban J connectivity index is 1.28. The molecule has 9 heteroatoms. The lowest BCUT2D eigenvalue weighted by Crippen LogP contribution is -2.44. The van der Waals surface area contributed by atoms with Crippen LogP contribution in [0.4, 0.5) is 15.7 Å². The first-order valence-electron chi connectivity index (χ1n) is 9.38. The first kappa shape index (κ1) is 18.0. The summed E-state index contributed by atoms with van der Waals surface area (Å²) in [4.78, 5) is 28.6. The van der Waals surface area contributed by atoms with E-state index in [1.807, 2.05) is 4.90 Å². The van der Waals surface area contributed by atoms with Crippen LogP contribution in [0.25, 0.3) is 0 Å². The van der Waals surface area contributed by atoms with E-state index >= 15 is 0 Å². The second-order valence-electron chi connectivity index (χ2n) is 6.88. The van der Waals surface area contributed by atoms with Gasteiger partial charge >= 0.3 is 6.03 Å². The Hall–Kier alpha value is -2.42. The van der Waals surface area contributed by atoms with Crippen LogP contribution >= 0.6 is 11.3 Å². The maximum Gasteiger partial charge on any atom is 0.323 e. The second-order valence-corrected chi connectivity index (χ2v) is 7.96. The van der Waals surface area contributed by atoms with E-state index in [4.69, 9.17) is 4.74 Å². The minimum Gasteiger partial charge on any atom is -0.481 e. The Morgan fingerprint density at radius 3 is 2.85 bits per heavy atom. The fraction of sp³-hybridized carbons (Fsp3) is 0.556. The SMILES string of the molecule is COc1cc(NC2CCN(C(=O)Nc3nc4c(s3)CCCC4)CC2)ncn1. The van der Waals surface area contributed by atoms with Gasteiger partial charge in [-0.2, -0.15) is 0 Å². The van der Waals surface area contributed by atoms with Crippen molar-refractivity contribution in [3.05, 3.63) is 23.0 Å². The third-order valence-corrected chi connectivity index (χ3v) is 6.12. The van der Waals surface area contributed by atoms with Gasteiger partial charge in [0, 0.05) is 30.1 Å². The summed E-state index contributed by atoms with van der Waals surface area (Å²) in [6.45, 7) is 1.41. The Kier molecular flexibility index (Phi) is 5.38. The van der Waals surface area contributed by atoms with Gasteiger partial charge < -0.3 is 15.0 Å². The summed E-state index contributed by atoms with van der Waals surface area (Å²) in [7, 11) is 1.59. The first-order chi connectivity index (χ1) is 13.2. The smallest absolute Gasteiger partial charge is 0.323 e. The fourth-order valence-corrected chi connectivity index (χ4v) is 4.58. The number of nitrogens with one attached hydrogen (secondary N) is 2. The van der Waals surface area contributed by atoms with Crippen LogP contribution in [0, 0.1) is 0 Å². The standard InChI is InChI=1S/C18H24N6O2S/c1-26-16-10-15(19-11-20-16)21-12-6-8-24(9-7-12)18(25)23-17-22-13-4-2-3-5-14(13)27-17/h10-12H,2-9H2,1H3,(H,19,20,21)(H,22,23,25). The molecular weight excluding hydrogens is 364 g/mol. The lowest BCUT2D eigenvalue weighted by molar-refractivity contribution is 0.197. The average molecular weight is 388 g/mol. The van der Waals surface area contributed by atoms with Gasteiger partial charge in [0.2, 0.25) is 5.88 Å². The van der Waals surface area contributed by atoms with Crippen LogP contribution < -0.4 is 15.4 Å². The summed E-state index contributed by atoms with van der Waals surface area (Å²) < 4.78 is 5.12. The number of methoxy groups -OCH3 is 1. The van der Waals surface area contributed by atoms with Gasteiger partial charge in [-0.05, 0) is 38.5 Å². The van der Waals surface area contributed by atoms with Crippen molar-refractivity contribution in [2.24, 2.45) is 0 Å². The van der Waals surface area contributed by atoms with E-state index in [0.29, 0.717) is 19.0 Å². The topological polar surface area (TPSA) is 92.3 Å². The zero-order valence-electron chi connectivity index (χ0n) is 15.4. The first-order valence-corrected chi connectivity index (χ1v) is 10.2. The van der Waals surface area contributed by atoms with E-state index < -0.39 is 0 Å². The van der Waals surface area contributed by atoms with Crippen LogP contribution in [-0.2, 0) is 12.8 Å². The molecule has 0 unspecified atom stereocenters. The zero-order chi connectivity index (χ0) is 18.6. The molecule has 0 bridgehead atoms. The third-order valence-electron chi connectivity index (χ3n) is 5.04. The highest BCUT2D eigenvalue weighted by Gasteiger charge is 2.24. The van der Waals surface area contributed by atoms with Crippen molar-refractivity contribution in [2.45, 2.75) is 44.6 Å². The van der Waals surface area contributed by atoms with E-state index in [1.54, 1.807) is 24.5 Å². The highest BCUT2D eigenvalue weighted by Crippen LogP contribution is 2.29. The Labute approximate surface area is 162 Å². The highest BCUT2D eigenvalue weighted by atomic mass is 32.1. The minimum absolute atomic E-state index is 0.0525. The molecular formula is C18H24N6O2S. The molecule has 2 aromatic heterocycles. The molecule has 2 aliphatic rings. The summed E-state index contributed by atoms with van der Waals surface area (Å²) in [6, 6.07) is 2.01. The number of thiazole rings is 1. The summed E-state index contributed by atoms with van der Waals surface area (Å²) in [6.07, 6.45) is 7.77. The average Bonchev–Trinajstić information content (AvgIpc) is 3.11. The molecule has 0 atom stereocenters. The predicted octanol–water partition coefficient (Wildman–Crippen LogP) is 2.93. The van der Waals surface area contributed by atoms with Crippen LogP contribution in [0.15, 0.2) is 12.4 Å². The number of fused-ring (bicyclic) bond motifs is 1. The number of anilines is 2. The quantitative estimate of drug-likeness (QED) is 0.837. The molecule has 144 valence electrons. The van der Waals surface area contributed by atoms with Gasteiger partial charge in [0.15, 0.2) is 5.13 Å². The number of nitrogens with zero attached hydrogens (tertiary/aromatic N) is 4. The molecule has 4 rings (SSSR count). The normalized spacial score (nSPS) is 17.3. The molecule has 1 saturated heterocycles. The van der Waals surface area contributed by atoms with Crippen molar-refractivity contribution >= 4 is 28.3 Å². The maximum atomic E-state index is 12.6. The lowest BCUT2D eigenvalue weighted by atomic mass is 10.0. The Morgan fingerprint density at radius 2 is 2.07 bits per heavy atom. The number of carbonyl (C=O) groups is 1. The molecule has 27 heavy (non-hydrogen) atoms. The molecule has 2 amide bonds. The molecule has 2 N–H and O–H groups in total. The number of carbonyl (C=O) groups excluding carboxylic acids is 1. The number of hydrogen-bond acceptors (Lipinski definition) is 7. The third kappa shape index (κ3) is 4.29. The molecule has 1 aliphatic heterocycles. The number of aryl methyl sites for hydroxylation is 2. The number of aromatic nitrogens is 3. The van der Waals surface area contributed by atoms with E-state index in [-0.39, 0.29) is 12.1 Å². The number of amides is 2. The Bertz CT molecular complexity index is 779. The summed E-state index contributed by atoms with van der Waals surface area (Å²) in [5.74, 6) is 1.29. The van der Waals surface area contributed by atoms with Crippen molar-refractivity contribution in [2.75, 3.05) is 30.8 Å². The number of rotatable bonds is 4. The summed E-state index contributed by atoms with van der Waals surface area (Å²) in [5.41, 5.74) is 1.17. The van der Waals surface area contributed by atoms with Gasteiger partial charge in [0.1, 0.15) is 12.1 Å². The number of piperidine rings is 1. The lowest BCUT2D eigenvalue weighted by Gasteiger charge is -2.32. The van der Waals surface area contributed by atoms with Gasteiger partial charge in [-0.15, -0.1) is 11.3 Å². The highest BCUT2D eigenvalue weighted by molar-refractivity contribution is 7.15. The predicted molar refractivity (Wildman–Crippen MR) is 105 cm³/mol. The van der Waals surface area contributed by atoms with Crippen molar-refractivity contribution in [1.82, 2.24) is 19.9 Å². The molecule has 8 nitrogen and oxygen atoms in total. The van der Waals surface area contributed by atoms with E-state index in [1.165, 1.54) is 29.7 Å². The van der Waals surface area contributed by atoms with Crippen molar-refractivity contribution in [3.8, 4) is 5.88 Å². The van der Waals surface area contributed by atoms with E-state index in [2.05, 4.69) is 25.6 Å². The largest absolute Gasteiger partial charge is 0.481 e. The molecule has 0 radical (unpaired) electrons. The number of ether oxygens (including phenoxy) is 1. The second kappa shape index (κ2) is 8.08. The minimum atomic E-state index is -0.0525. The van der Waals surface area contributed by atoms with Gasteiger partial charge in [0.05, 0.1) is 12.8 Å². The molecule has 1 aliphatic carbocycles. The van der Waals surface area contributed by atoms with Crippen LogP contribution in [0.5, 0.6) is 5.88 Å². The molecule has 1 fully saturated rings. The number of urea groups is 1. The van der Waals surface area contributed by atoms with Gasteiger partial charge in [0.25, 0.3) is 0 Å². The van der Waals surface area contributed by atoms with Crippen molar-refractivity contribution < 1.29 is 9.53 Å². The molecule has 2 aromatic rings. The number of likely N-dealkylation sites (tertiary alicyclic amines) is 1. The molecule has 3 heterocycles. The van der Waals surface area contributed by atoms with Crippen LogP contribution in [0.3, 0.4) is 0 Å². The van der Waals surface area contributed by atoms with Crippen LogP contribution in [0.1, 0.15) is 36.3 Å². The number of hydrogen-bond donors (Lipinski definition) is 2. The van der Waals surface area contributed by atoms with Gasteiger partial charge in [-0.1, -0.05) is 0 Å². The fourth-order valence-electron chi connectivity index (χ4n) is 3.54. The molecule has 0 saturated carbocycles. The van der Waals surface area contributed by atoms with Crippen LogP contribution in [0.2, 0.25) is 0 Å². The van der Waals surface area contributed by atoms with Crippen molar-refractivity contribution in [1.29, 1.82) is 0 Å². The Morgan fingerprint density at radius 1 is 1.26 bits per heavy atom. The molecule has 0 spiro atoms. The van der Waals surface area contributed by atoms with E-state index in [0.717, 1.165) is 36.6 Å². The van der Waals surface area contributed by atoms with Crippen LogP contribution in [-0.4, -0.2) is 52.1 Å². The summed E-state index contributed by atoms with van der Waals surface area (Å²) >= 11 is 1.63. The summed E-state index contributed by atoms with van der Waals surface area (Å²) in [5, 5.41) is 7.12. The van der Waals surface area contributed by atoms with Gasteiger partial charge in [-0.25, -0.2) is 19.7 Å². The monoisotopic (exact) mass is 388 g/mol. The maximum absolute atomic E-state index is 12.6.